The van der Waals surface area contributed by atoms with Crippen LogP contribution in [-0.4, -0.2) is 6.29 Å². The average molecular weight is 331 g/mol. The highest BCUT2D eigenvalue weighted by molar-refractivity contribution is 5.48. The van der Waals surface area contributed by atoms with Gasteiger partial charge in [-0.25, -0.2) is 0 Å². The Balaban J connectivity index is 0.000000511. The summed E-state index contributed by atoms with van der Waals surface area (Å²) in [5, 5.41) is 0. The van der Waals surface area contributed by atoms with Crippen molar-refractivity contribution in [1.29, 1.82) is 0 Å². The SMILES string of the molecule is CCC=O.c1ccc(CN(Cc2ccccc2)c2ccccc2)cc1. The third kappa shape index (κ3) is 6.64. The van der Waals surface area contributed by atoms with Crippen molar-refractivity contribution in [3.63, 3.8) is 0 Å². The highest BCUT2D eigenvalue weighted by Crippen LogP contribution is 2.19. The second kappa shape index (κ2) is 10.8. The number of hydrogen-bond acceptors (Lipinski definition) is 2. The molecule has 2 heteroatoms. The first-order chi connectivity index (χ1) is 12.3. The van der Waals surface area contributed by atoms with Crippen LogP contribution in [0.2, 0.25) is 0 Å². The highest BCUT2D eigenvalue weighted by Gasteiger charge is 2.07. The van der Waals surface area contributed by atoms with E-state index < -0.39 is 0 Å². The van der Waals surface area contributed by atoms with Crippen LogP contribution in [0.4, 0.5) is 5.69 Å². The number of carbonyl (C=O) groups is 1. The van der Waals surface area contributed by atoms with Gasteiger partial charge in [-0.3, -0.25) is 0 Å². The molecule has 0 saturated heterocycles. The zero-order chi connectivity index (χ0) is 17.7. The van der Waals surface area contributed by atoms with Gasteiger partial charge in [0, 0.05) is 25.2 Å². The minimum absolute atomic E-state index is 0.639. The number of anilines is 1. The maximum Gasteiger partial charge on any atom is 0.119 e. The third-order valence-electron chi connectivity index (χ3n) is 3.72. The van der Waals surface area contributed by atoms with E-state index in [1.807, 2.05) is 6.92 Å². The minimum Gasteiger partial charge on any atom is -0.363 e. The van der Waals surface area contributed by atoms with E-state index in [0.717, 1.165) is 19.4 Å². The summed E-state index contributed by atoms with van der Waals surface area (Å²) >= 11 is 0. The normalized spacial score (nSPS) is 9.64. The van der Waals surface area contributed by atoms with Crippen LogP contribution in [0.15, 0.2) is 91.0 Å². The molecular formula is C23H25NO. The Morgan fingerprint density at radius 1 is 0.680 bits per heavy atom. The quantitative estimate of drug-likeness (QED) is 0.557. The second-order valence-electron chi connectivity index (χ2n) is 5.74. The maximum atomic E-state index is 9.17. The molecule has 0 heterocycles. The molecule has 0 aliphatic heterocycles. The lowest BCUT2D eigenvalue weighted by atomic mass is 10.1. The van der Waals surface area contributed by atoms with Crippen molar-refractivity contribution in [2.24, 2.45) is 0 Å². The molecule has 0 aromatic heterocycles. The lowest BCUT2D eigenvalue weighted by molar-refractivity contribution is -0.107. The Morgan fingerprint density at radius 3 is 1.40 bits per heavy atom. The molecule has 3 rings (SSSR count). The van der Waals surface area contributed by atoms with Crippen molar-refractivity contribution in [2.45, 2.75) is 26.4 Å². The Morgan fingerprint density at radius 2 is 1.04 bits per heavy atom. The van der Waals surface area contributed by atoms with Gasteiger partial charge in [0.1, 0.15) is 6.29 Å². The van der Waals surface area contributed by atoms with E-state index in [1.54, 1.807) is 0 Å². The van der Waals surface area contributed by atoms with Gasteiger partial charge in [0.2, 0.25) is 0 Å². The first-order valence-corrected chi connectivity index (χ1v) is 8.65. The third-order valence-corrected chi connectivity index (χ3v) is 3.72. The molecule has 0 atom stereocenters. The Kier molecular flexibility index (Phi) is 7.99. The lowest BCUT2D eigenvalue weighted by Crippen LogP contribution is -2.21. The lowest BCUT2D eigenvalue weighted by Gasteiger charge is -2.25. The molecule has 0 bridgehead atoms. The van der Waals surface area contributed by atoms with Gasteiger partial charge in [0.15, 0.2) is 0 Å². The summed E-state index contributed by atoms with van der Waals surface area (Å²) in [6.07, 6.45) is 1.51. The number of para-hydroxylation sites is 1. The van der Waals surface area contributed by atoms with Crippen molar-refractivity contribution < 1.29 is 4.79 Å². The van der Waals surface area contributed by atoms with Crippen LogP contribution in [-0.2, 0) is 17.9 Å². The first kappa shape index (κ1) is 18.5. The van der Waals surface area contributed by atoms with Crippen molar-refractivity contribution in [1.82, 2.24) is 0 Å². The van der Waals surface area contributed by atoms with Crippen LogP contribution in [0.1, 0.15) is 24.5 Å². The van der Waals surface area contributed by atoms with E-state index in [9.17, 15) is 4.79 Å². The van der Waals surface area contributed by atoms with E-state index in [0.29, 0.717) is 6.42 Å². The summed E-state index contributed by atoms with van der Waals surface area (Å²) in [6, 6.07) is 31.8. The summed E-state index contributed by atoms with van der Waals surface area (Å²) in [5.74, 6) is 0. The number of benzene rings is 3. The molecule has 0 unspecified atom stereocenters. The molecule has 128 valence electrons. The fourth-order valence-electron chi connectivity index (χ4n) is 2.48. The predicted molar refractivity (Wildman–Crippen MR) is 106 cm³/mol. The molecule has 0 N–H and O–H groups in total. The second-order valence-corrected chi connectivity index (χ2v) is 5.74. The fourth-order valence-corrected chi connectivity index (χ4v) is 2.48. The summed E-state index contributed by atoms with van der Waals surface area (Å²) < 4.78 is 0. The van der Waals surface area contributed by atoms with Crippen LogP contribution in [0.3, 0.4) is 0 Å². The van der Waals surface area contributed by atoms with E-state index in [4.69, 9.17) is 0 Å². The van der Waals surface area contributed by atoms with Crippen LogP contribution in [0.25, 0.3) is 0 Å². The Bertz CT molecular complexity index is 669. The Hall–Kier alpha value is -2.87. The van der Waals surface area contributed by atoms with Gasteiger partial charge in [-0.1, -0.05) is 85.8 Å². The predicted octanol–water partition coefficient (Wildman–Crippen LogP) is 5.49. The molecule has 0 aliphatic rings. The average Bonchev–Trinajstić information content (AvgIpc) is 2.70. The van der Waals surface area contributed by atoms with Crippen molar-refractivity contribution in [3.8, 4) is 0 Å². The zero-order valence-electron chi connectivity index (χ0n) is 14.7. The van der Waals surface area contributed by atoms with Gasteiger partial charge < -0.3 is 9.69 Å². The molecule has 25 heavy (non-hydrogen) atoms. The Labute approximate surface area is 150 Å². The molecule has 0 fully saturated rings. The molecule has 0 aliphatic carbocycles. The van der Waals surface area contributed by atoms with E-state index >= 15 is 0 Å². The molecule has 0 spiro atoms. The smallest absolute Gasteiger partial charge is 0.119 e. The molecule has 2 nitrogen and oxygen atoms in total. The molecule has 0 radical (unpaired) electrons. The van der Waals surface area contributed by atoms with Crippen LogP contribution in [0.5, 0.6) is 0 Å². The number of nitrogens with zero attached hydrogens (tertiary/aromatic N) is 1. The molecule has 0 amide bonds. The van der Waals surface area contributed by atoms with Gasteiger partial charge in [-0.15, -0.1) is 0 Å². The standard InChI is InChI=1S/C20H19N.C3H6O/c1-4-10-18(11-5-1)16-21(20-14-8-3-9-15-20)17-19-12-6-2-7-13-19;1-2-3-4/h1-15H,16-17H2;3H,2H2,1H3. The first-order valence-electron chi connectivity index (χ1n) is 8.65. The van der Waals surface area contributed by atoms with Gasteiger partial charge in [0.25, 0.3) is 0 Å². The summed E-state index contributed by atoms with van der Waals surface area (Å²) in [4.78, 5) is 11.6. The van der Waals surface area contributed by atoms with Crippen LogP contribution < -0.4 is 4.90 Å². The van der Waals surface area contributed by atoms with E-state index in [2.05, 4.69) is 95.9 Å². The minimum atomic E-state index is 0.639. The summed E-state index contributed by atoms with van der Waals surface area (Å²) in [5.41, 5.74) is 3.92. The van der Waals surface area contributed by atoms with Gasteiger partial charge in [-0.05, 0) is 23.3 Å². The number of carbonyl (C=O) groups excluding carboxylic acids is 1. The summed E-state index contributed by atoms with van der Waals surface area (Å²) in [7, 11) is 0. The fraction of sp³-hybridized carbons (Fsp3) is 0.174. The number of aldehydes is 1. The zero-order valence-corrected chi connectivity index (χ0v) is 14.7. The van der Waals surface area contributed by atoms with Crippen LogP contribution >= 0.6 is 0 Å². The van der Waals surface area contributed by atoms with Crippen molar-refractivity contribution in [2.75, 3.05) is 4.90 Å². The monoisotopic (exact) mass is 331 g/mol. The van der Waals surface area contributed by atoms with E-state index in [-0.39, 0.29) is 0 Å². The largest absolute Gasteiger partial charge is 0.363 e. The molecular weight excluding hydrogens is 306 g/mol. The summed E-state index contributed by atoms with van der Waals surface area (Å²) in [6.45, 7) is 3.65. The highest BCUT2D eigenvalue weighted by atomic mass is 16.1. The van der Waals surface area contributed by atoms with Gasteiger partial charge >= 0.3 is 0 Å². The van der Waals surface area contributed by atoms with Crippen molar-refractivity contribution >= 4 is 12.0 Å². The van der Waals surface area contributed by atoms with Gasteiger partial charge in [0.05, 0.1) is 0 Å². The van der Waals surface area contributed by atoms with Crippen molar-refractivity contribution in [3.05, 3.63) is 102 Å². The maximum absolute atomic E-state index is 9.17. The van der Waals surface area contributed by atoms with Gasteiger partial charge in [-0.2, -0.15) is 0 Å². The number of rotatable bonds is 6. The molecule has 0 saturated carbocycles. The molecule has 3 aromatic carbocycles. The van der Waals surface area contributed by atoms with E-state index in [1.165, 1.54) is 16.8 Å². The number of hydrogen-bond donors (Lipinski definition) is 0. The van der Waals surface area contributed by atoms with Crippen LogP contribution in [0, 0.1) is 0 Å². The topological polar surface area (TPSA) is 20.3 Å². The molecule has 3 aromatic rings.